The lowest BCUT2D eigenvalue weighted by Crippen LogP contribution is -2.35. The first-order valence-electron chi connectivity index (χ1n) is 10.5. The molecule has 1 N–H and O–H groups in total. The fourth-order valence-corrected chi connectivity index (χ4v) is 4.08. The monoisotopic (exact) mass is 417 g/mol. The van der Waals surface area contributed by atoms with E-state index >= 15 is 0 Å². The summed E-state index contributed by atoms with van der Waals surface area (Å²) in [6.07, 6.45) is 0.689. The van der Waals surface area contributed by atoms with E-state index in [-0.39, 0.29) is 18.6 Å². The number of carbonyl (C=O) groups excluding carboxylic acids is 1. The number of methoxy groups -OCH3 is 1. The second-order valence-corrected chi connectivity index (χ2v) is 7.79. The van der Waals surface area contributed by atoms with Gasteiger partial charge in [0.15, 0.2) is 6.61 Å². The maximum Gasteiger partial charge on any atom is 0.261 e. The fourth-order valence-electron chi connectivity index (χ4n) is 4.08. The first kappa shape index (κ1) is 20.9. The minimum Gasteiger partial charge on any atom is -0.497 e. The molecule has 0 radical (unpaired) electrons. The number of likely N-dealkylation sites (tertiary alicyclic amines) is 1. The van der Waals surface area contributed by atoms with Crippen LogP contribution in [0, 0.1) is 0 Å². The molecule has 1 fully saturated rings. The van der Waals surface area contributed by atoms with Gasteiger partial charge in [-0.25, -0.2) is 0 Å². The van der Waals surface area contributed by atoms with E-state index in [1.165, 1.54) is 5.56 Å². The first-order chi connectivity index (χ1) is 15.1. The van der Waals surface area contributed by atoms with Crippen molar-refractivity contribution in [1.29, 1.82) is 0 Å². The van der Waals surface area contributed by atoms with Crippen LogP contribution in [0.5, 0.6) is 11.5 Å². The molecule has 160 valence electrons. The Morgan fingerprint density at radius 2 is 1.81 bits per heavy atom. The summed E-state index contributed by atoms with van der Waals surface area (Å²) in [5.41, 5.74) is 3.17. The molecular weight excluding hydrogens is 390 g/mol. The van der Waals surface area contributed by atoms with Crippen LogP contribution in [0.2, 0.25) is 0 Å². The maximum atomic E-state index is 13.0. The molecule has 1 amide bonds. The standard InChI is InChI=1S/C26H27NO4/c1-30-23-12-7-11-20(15-23)24-16-22(28)17-27(24)26(29)18-31-25-13-6-5-10-21(25)14-19-8-3-2-4-9-19/h2-13,15,22,24,28H,14,16-18H2,1H3/t22-,24+/m0/s1. The number of para-hydroxylation sites is 1. The minimum absolute atomic E-state index is 0.0704. The molecule has 0 aliphatic carbocycles. The van der Waals surface area contributed by atoms with E-state index in [0.29, 0.717) is 18.7 Å². The number of carbonyl (C=O) groups is 1. The number of β-amino-alcohol motifs (C(OH)–C–C–N with tert-alkyl or cyclic N) is 1. The van der Waals surface area contributed by atoms with Gasteiger partial charge in [-0.1, -0.05) is 60.7 Å². The number of nitrogens with zero attached hydrogens (tertiary/aromatic N) is 1. The third kappa shape index (κ3) is 5.06. The first-order valence-corrected chi connectivity index (χ1v) is 10.5. The van der Waals surface area contributed by atoms with Gasteiger partial charge in [0.2, 0.25) is 0 Å². The van der Waals surface area contributed by atoms with E-state index in [4.69, 9.17) is 9.47 Å². The van der Waals surface area contributed by atoms with Crippen molar-refractivity contribution in [2.75, 3.05) is 20.3 Å². The van der Waals surface area contributed by atoms with Crippen molar-refractivity contribution in [2.24, 2.45) is 0 Å². The van der Waals surface area contributed by atoms with Gasteiger partial charge in [-0.15, -0.1) is 0 Å². The highest BCUT2D eigenvalue weighted by atomic mass is 16.5. The Morgan fingerprint density at radius 1 is 1.03 bits per heavy atom. The number of amides is 1. The molecule has 0 unspecified atom stereocenters. The molecule has 0 spiro atoms. The number of ether oxygens (including phenoxy) is 2. The minimum atomic E-state index is -0.550. The Kier molecular flexibility index (Phi) is 6.53. The van der Waals surface area contributed by atoms with Gasteiger partial charge in [-0.05, 0) is 41.3 Å². The zero-order chi connectivity index (χ0) is 21.6. The summed E-state index contributed by atoms with van der Waals surface area (Å²) in [5, 5.41) is 10.2. The van der Waals surface area contributed by atoms with Crippen LogP contribution in [0.4, 0.5) is 0 Å². The molecule has 1 aliphatic heterocycles. The molecule has 3 aromatic carbocycles. The van der Waals surface area contributed by atoms with Crippen LogP contribution in [0.25, 0.3) is 0 Å². The van der Waals surface area contributed by atoms with Crippen molar-refractivity contribution in [3.8, 4) is 11.5 Å². The summed E-state index contributed by atoms with van der Waals surface area (Å²) in [6.45, 7) is 0.231. The van der Waals surface area contributed by atoms with E-state index in [1.807, 2.05) is 66.7 Å². The molecule has 1 aliphatic rings. The molecule has 1 heterocycles. The van der Waals surface area contributed by atoms with Crippen molar-refractivity contribution in [2.45, 2.75) is 25.0 Å². The molecule has 0 bridgehead atoms. The van der Waals surface area contributed by atoms with Gasteiger partial charge in [0.05, 0.1) is 19.3 Å². The highest BCUT2D eigenvalue weighted by molar-refractivity contribution is 5.78. The van der Waals surface area contributed by atoms with Gasteiger partial charge in [0.1, 0.15) is 11.5 Å². The van der Waals surface area contributed by atoms with Crippen LogP contribution >= 0.6 is 0 Å². The third-order valence-corrected chi connectivity index (χ3v) is 5.64. The lowest BCUT2D eigenvalue weighted by atomic mass is 10.0. The molecule has 31 heavy (non-hydrogen) atoms. The highest BCUT2D eigenvalue weighted by Crippen LogP contribution is 2.34. The summed E-state index contributed by atoms with van der Waals surface area (Å²) < 4.78 is 11.3. The van der Waals surface area contributed by atoms with Gasteiger partial charge >= 0.3 is 0 Å². The summed E-state index contributed by atoms with van der Waals surface area (Å²) in [6, 6.07) is 25.4. The Balaban J connectivity index is 1.46. The summed E-state index contributed by atoms with van der Waals surface area (Å²) >= 11 is 0. The van der Waals surface area contributed by atoms with Crippen molar-refractivity contribution < 1.29 is 19.4 Å². The van der Waals surface area contributed by atoms with Crippen LogP contribution in [-0.4, -0.2) is 42.3 Å². The smallest absolute Gasteiger partial charge is 0.261 e. The third-order valence-electron chi connectivity index (χ3n) is 5.64. The normalized spacial score (nSPS) is 18.1. The molecule has 0 aromatic heterocycles. The average molecular weight is 418 g/mol. The van der Waals surface area contributed by atoms with E-state index < -0.39 is 6.10 Å². The van der Waals surface area contributed by atoms with Crippen LogP contribution < -0.4 is 9.47 Å². The number of aliphatic hydroxyl groups excluding tert-OH is 1. The average Bonchev–Trinajstić information content (AvgIpc) is 3.21. The SMILES string of the molecule is COc1cccc([C@H]2C[C@H](O)CN2C(=O)COc2ccccc2Cc2ccccc2)c1. The number of benzene rings is 3. The molecular formula is C26H27NO4. The molecule has 2 atom stereocenters. The van der Waals surface area contributed by atoms with Gasteiger partial charge in [-0.2, -0.15) is 0 Å². The number of aliphatic hydroxyl groups is 1. The molecule has 5 heteroatoms. The molecule has 4 rings (SSSR count). The van der Waals surface area contributed by atoms with Crippen LogP contribution in [-0.2, 0) is 11.2 Å². The predicted octanol–water partition coefficient (Wildman–Crippen LogP) is 4.00. The van der Waals surface area contributed by atoms with Crippen molar-refractivity contribution in [3.63, 3.8) is 0 Å². The topological polar surface area (TPSA) is 59.0 Å². The Morgan fingerprint density at radius 3 is 2.61 bits per heavy atom. The van der Waals surface area contributed by atoms with Crippen LogP contribution in [0.1, 0.15) is 29.2 Å². The van der Waals surface area contributed by atoms with Crippen molar-refractivity contribution in [1.82, 2.24) is 4.90 Å². The van der Waals surface area contributed by atoms with E-state index in [9.17, 15) is 9.90 Å². The highest BCUT2D eigenvalue weighted by Gasteiger charge is 2.35. The Labute approximate surface area is 182 Å². The van der Waals surface area contributed by atoms with E-state index in [2.05, 4.69) is 12.1 Å². The predicted molar refractivity (Wildman–Crippen MR) is 119 cm³/mol. The molecule has 1 saturated heterocycles. The van der Waals surface area contributed by atoms with Crippen molar-refractivity contribution in [3.05, 3.63) is 95.6 Å². The van der Waals surface area contributed by atoms with Crippen LogP contribution in [0.3, 0.4) is 0 Å². The second kappa shape index (κ2) is 9.67. The number of rotatable bonds is 7. The molecule has 5 nitrogen and oxygen atoms in total. The Bertz CT molecular complexity index is 1020. The zero-order valence-corrected chi connectivity index (χ0v) is 17.6. The zero-order valence-electron chi connectivity index (χ0n) is 17.6. The number of hydrogen-bond acceptors (Lipinski definition) is 4. The quantitative estimate of drug-likeness (QED) is 0.631. The molecule has 3 aromatic rings. The van der Waals surface area contributed by atoms with Crippen LogP contribution in [0.15, 0.2) is 78.9 Å². The molecule has 0 saturated carbocycles. The van der Waals surface area contributed by atoms with Crippen molar-refractivity contribution >= 4 is 5.91 Å². The largest absolute Gasteiger partial charge is 0.497 e. The summed E-state index contributed by atoms with van der Waals surface area (Å²) in [5.74, 6) is 1.30. The summed E-state index contributed by atoms with van der Waals surface area (Å²) in [7, 11) is 1.62. The second-order valence-electron chi connectivity index (χ2n) is 7.79. The maximum absolute atomic E-state index is 13.0. The summed E-state index contributed by atoms with van der Waals surface area (Å²) in [4.78, 5) is 14.7. The van der Waals surface area contributed by atoms with Gasteiger partial charge in [0, 0.05) is 13.0 Å². The fraction of sp³-hybridized carbons (Fsp3) is 0.269. The Hall–Kier alpha value is -3.31. The van der Waals surface area contributed by atoms with E-state index in [1.54, 1.807) is 12.0 Å². The lowest BCUT2D eigenvalue weighted by Gasteiger charge is -2.25. The lowest BCUT2D eigenvalue weighted by molar-refractivity contribution is -0.134. The van der Waals surface area contributed by atoms with Gasteiger partial charge < -0.3 is 19.5 Å². The van der Waals surface area contributed by atoms with Gasteiger partial charge in [-0.3, -0.25) is 4.79 Å². The van der Waals surface area contributed by atoms with E-state index in [0.717, 1.165) is 23.3 Å². The number of hydrogen-bond donors (Lipinski definition) is 1. The van der Waals surface area contributed by atoms with Gasteiger partial charge in [0.25, 0.3) is 5.91 Å².